The second kappa shape index (κ2) is 158. The molecule has 0 aliphatic heterocycles. The quantitative estimate of drug-likeness (QED) is 0.0795. The van der Waals surface area contributed by atoms with Crippen molar-refractivity contribution in [3.8, 4) is 0 Å². The van der Waals surface area contributed by atoms with Crippen LogP contribution in [0.4, 0.5) is 0 Å². The molecule has 53 heteroatoms. The van der Waals surface area contributed by atoms with Crippen molar-refractivity contribution in [2.45, 2.75) is 0 Å². The zero-order valence-corrected chi connectivity index (χ0v) is 159. The molecule has 10 N–H and O–H groups in total. The minimum Gasteiger partial charge on any atom is -0.264 e. The molecule has 53 heavy (non-hydrogen) atoms. The Morgan fingerprint density at radius 2 is 0.132 bits per heavy atom. The van der Waals surface area contributed by atoms with Gasteiger partial charge in [0.1, 0.15) is 0 Å². The molecule has 0 heterocycles. The van der Waals surface area contributed by atoms with E-state index in [9.17, 15) is 0 Å². The summed E-state index contributed by atoms with van der Waals surface area (Å²) >= 11 is 0. The normalized spacial score (nSPS) is 5.47. The van der Waals surface area contributed by atoms with Gasteiger partial charge < -0.3 is 0 Å². The van der Waals surface area contributed by atoms with Crippen molar-refractivity contribution in [2.75, 3.05) is 0 Å². The molecule has 0 aliphatic carbocycles. The molecule has 0 aromatic heterocycles. The van der Waals surface area contributed by atoms with Crippen LogP contribution in [0, 0.1) is 0 Å². The van der Waals surface area contributed by atoms with E-state index in [0.29, 0.717) is 0 Å². The summed E-state index contributed by atoms with van der Waals surface area (Å²) in [4.78, 5) is 0. The first-order valence-corrected chi connectivity index (χ1v) is 10.5. The molecule has 0 saturated heterocycles. The van der Waals surface area contributed by atoms with E-state index in [-0.39, 0.29) is 1370 Å². The third kappa shape index (κ3) is 442. The van der Waals surface area contributed by atoms with Crippen molar-refractivity contribution in [3.63, 3.8) is 0 Å². The maximum Gasteiger partial charge on any atom is 2.00 e. The predicted octanol–water partition coefficient (Wildman–Crippen LogP) is -13.9. The van der Waals surface area contributed by atoms with Gasteiger partial charge in [-0.05, 0) is 0 Å². The predicted molar refractivity (Wildman–Crippen MR) is 232 cm³/mol. The topological polar surface area (TPSA) is 373 Å². The minimum absolute atomic E-state index is 0. The first-order valence-electron chi connectivity index (χ1n) is 3.49. The van der Waals surface area contributed by atoms with Crippen LogP contribution in [0.5, 0.6) is 0 Å². The molecule has 0 spiro atoms. The molecule has 160 valence electrons. The molecule has 0 unspecified atom stereocenters. The van der Waals surface area contributed by atoms with Crippen LogP contribution in [0.3, 0.4) is 0 Å². The van der Waals surface area contributed by atoms with E-state index in [2.05, 4.69) is 0 Å². The Labute approximate surface area is 1440 Å². The number of hydrogen-bond acceptors (Lipinski definition) is 10. The molecule has 0 atom stereocenters. The Balaban J connectivity index is -0.00000000269. The van der Waals surface area contributed by atoms with Gasteiger partial charge in [-0.1, -0.05) is 0 Å². The van der Waals surface area contributed by atoms with Crippen LogP contribution in [0.1, 0.15) is 0 Å². The van der Waals surface area contributed by atoms with Crippen molar-refractivity contribution < 1.29 is 87.6 Å². The fourth-order valence-electron chi connectivity index (χ4n) is 0. The van der Waals surface area contributed by atoms with Crippen molar-refractivity contribution in [2.24, 2.45) is 0 Å². The maximum absolute atomic E-state index is 8.74. The molecule has 0 amide bonds. The summed E-state index contributed by atoms with van der Waals surface area (Å²) < 4.78 is 158. The summed E-state index contributed by atoms with van der Waals surface area (Å²) in [6.07, 6.45) is 0. The number of rotatable bonds is 0. The first-order chi connectivity index (χ1) is 10.0. The van der Waals surface area contributed by atoms with Crippen molar-refractivity contribution in [3.05, 3.63) is 0 Å². The number of hydrogen-bond donors (Lipinski definition) is 10. The summed E-state index contributed by atoms with van der Waals surface area (Å²) in [5.41, 5.74) is 0. The van der Waals surface area contributed by atoms with Crippen LogP contribution in [0.25, 0.3) is 0 Å². The van der Waals surface area contributed by atoms with E-state index in [0.717, 1.165) is 0 Å². The van der Waals surface area contributed by atoms with Gasteiger partial charge in [0.05, 0.1) is 0 Å². The molecule has 0 rings (SSSR count). The van der Waals surface area contributed by atoms with Crippen LogP contribution in [-0.2, 0) is 52.0 Å². The molecular formula is H10Ba28O20S5+56. The van der Waals surface area contributed by atoms with E-state index in [1.165, 1.54) is 0 Å². The van der Waals surface area contributed by atoms with Crippen LogP contribution in [-0.4, -0.2) is 1460 Å². The SMILES string of the molecule is O=S(=O)(O)O.O=S(=O)(O)O.O=S(=O)(O)O.O=S(=O)(O)O.O=S(=O)(O)O.[Ba+2].[Ba+2].[Ba+2].[Ba+2].[Ba+2].[Ba+2].[Ba+2].[Ba+2].[Ba+2].[Ba+2].[Ba+2].[Ba+2].[Ba+2].[Ba+2].[Ba+2].[Ba+2].[Ba+2].[Ba+2].[Ba+2].[Ba+2].[Ba+2].[Ba+2].[Ba+2].[Ba+2].[Ba+2].[Ba+2].[Ba+2].[Ba+2]. The summed E-state index contributed by atoms with van der Waals surface area (Å²) in [5, 5.41) is 0. The second-order valence-electron chi connectivity index (χ2n) is 2.24. The summed E-state index contributed by atoms with van der Waals surface area (Å²) in [7, 11) is -23.3. The van der Waals surface area contributed by atoms with Crippen molar-refractivity contribution >= 4 is 1420 Å². The second-order valence-corrected chi connectivity index (χ2v) is 6.72. The standard InChI is InChI=1S/28Ba.5H2O4S/c;;;;;;;;;;;;;;;;;;;;;;;;;;;;5*1-5(2,3)4/h;;;;;;;;;;;;;;;;;;;;;;;;;;;;5*(H2,1,2,3,4)/q28*+2;;;;;. The average molecular weight is 4340 g/mol. The Bertz CT molecular complexity index is 661. The van der Waals surface area contributed by atoms with E-state index in [4.69, 9.17) is 87.6 Å². The van der Waals surface area contributed by atoms with E-state index >= 15 is 0 Å². The molecule has 0 saturated carbocycles. The van der Waals surface area contributed by atoms with E-state index < -0.39 is 52.0 Å². The molecule has 20 nitrogen and oxygen atoms in total. The summed E-state index contributed by atoms with van der Waals surface area (Å²) in [6, 6.07) is 0. The Morgan fingerprint density at radius 3 is 0.132 bits per heavy atom. The monoisotopic (exact) mass is 4350 g/mol. The van der Waals surface area contributed by atoms with Gasteiger partial charge in [-0.25, -0.2) is 0 Å². The van der Waals surface area contributed by atoms with Crippen molar-refractivity contribution in [1.29, 1.82) is 0 Å². The van der Waals surface area contributed by atoms with Gasteiger partial charge in [0.2, 0.25) is 0 Å². The third-order valence-electron chi connectivity index (χ3n) is 0. The zero-order chi connectivity index (χ0) is 22.5. The molecule has 0 aromatic carbocycles. The Morgan fingerprint density at radius 1 is 0.132 bits per heavy atom. The fraction of sp³-hybridized carbons (Fsp3) is 0. The van der Waals surface area contributed by atoms with Crippen LogP contribution in [0.15, 0.2) is 0 Å². The summed E-state index contributed by atoms with van der Waals surface area (Å²) in [6.45, 7) is 0. The minimum atomic E-state index is -4.67. The van der Waals surface area contributed by atoms with Crippen LogP contribution < -0.4 is 0 Å². The smallest absolute Gasteiger partial charge is 0.264 e. The van der Waals surface area contributed by atoms with Gasteiger partial charge >= 0.3 is 1420 Å². The molecule has 0 aromatic rings. The molecular weight excluding hydrogens is 4330 g/mol. The zero-order valence-electron chi connectivity index (χ0n) is 30.4. The van der Waals surface area contributed by atoms with Gasteiger partial charge in [-0.3, -0.25) is 45.5 Å². The Kier molecular flexibility index (Phi) is 650. The molecule has 0 aliphatic rings. The maximum atomic E-state index is 8.74. The fourth-order valence-corrected chi connectivity index (χ4v) is 0. The average Bonchev–Trinajstić information content (AvgIpc) is 1.79. The Hall–Kier alpha value is 43.3. The van der Waals surface area contributed by atoms with Gasteiger partial charge in [0.15, 0.2) is 0 Å². The van der Waals surface area contributed by atoms with Gasteiger partial charge in [0, 0.05) is 0 Å². The van der Waals surface area contributed by atoms with Crippen LogP contribution >= 0.6 is 0 Å². The first kappa shape index (κ1) is 218. The molecule has 0 fully saturated rings. The largest absolute Gasteiger partial charge is 2.00 e. The van der Waals surface area contributed by atoms with E-state index in [1.54, 1.807) is 0 Å². The molecule has 0 bridgehead atoms. The van der Waals surface area contributed by atoms with Gasteiger partial charge in [-0.2, -0.15) is 42.1 Å². The van der Waals surface area contributed by atoms with E-state index in [1.807, 2.05) is 0 Å². The van der Waals surface area contributed by atoms with Crippen molar-refractivity contribution in [1.82, 2.24) is 0 Å². The third-order valence-corrected chi connectivity index (χ3v) is 0. The molecule has 0 radical (unpaired) electrons. The van der Waals surface area contributed by atoms with Gasteiger partial charge in [-0.15, -0.1) is 0 Å². The van der Waals surface area contributed by atoms with Crippen LogP contribution in [0.2, 0.25) is 0 Å². The summed E-state index contributed by atoms with van der Waals surface area (Å²) in [5.74, 6) is 0. The van der Waals surface area contributed by atoms with Gasteiger partial charge in [0.25, 0.3) is 0 Å².